The van der Waals surface area contributed by atoms with Crippen molar-refractivity contribution in [3.63, 3.8) is 0 Å². The van der Waals surface area contributed by atoms with Crippen LogP contribution in [-0.4, -0.2) is 6.54 Å². The Morgan fingerprint density at radius 2 is 1.80 bits per heavy atom. The van der Waals surface area contributed by atoms with Crippen molar-refractivity contribution in [2.45, 2.75) is 26.7 Å². The normalized spacial score (nSPS) is 13.8. The third-order valence-electron chi connectivity index (χ3n) is 0.814. The third-order valence-corrected chi connectivity index (χ3v) is 0.814. The molecule has 2 radical (unpaired) electrons. The van der Waals surface area contributed by atoms with Crippen molar-refractivity contribution in [1.29, 1.82) is 0 Å². The van der Waals surface area contributed by atoms with Gasteiger partial charge in [0.25, 0.3) is 0 Å². The summed E-state index contributed by atoms with van der Waals surface area (Å²) in [5.41, 5.74) is 0. The van der Waals surface area contributed by atoms with Gasteiger partial charge in [0, 0.05) is 40.8 Å². The molecule has 0 atom stereocenters. The molecule has 1 aliphatic rings. The first kappa shape index (κ1) is 17.4. The molecule has 0 aromatic rings. The maximum atomic E-state index is 3.10. The van der Waals surface area contributed by atoms with E-state index in [-0.39, 0.29) is 40.8 Å². The fourth-order valence-corrected chi connectivity index (χ4v) is 0.510. The van der Waals surface area contributed by atoms with E-state index < -0.39 is 0 Å². The summed E-state index contributed by atoms with van der Waals surface area (Å²) in [6.45, 7) is 7.31. The molecule has 0 unspecified atom stereocenters. The summed E-state index contributed by atoms with van der Waals surface area (Å²) in [5, 5.41) is 3.10. The van der Waals surface area contributed by atoms with Crippen LogP contribution in [-0.2, 0) is 40.8 Å². The molecule has 1 nitrogen and oxygen atoms in total. The molecule has 0 saturated carbocycles. The van der Waals surface area contributed by atoms with Crippen molar-refractivity contribution in [1.82, 2.24) is 5.32 Å². The van der Waals surface area contributed by atoms with Gasteiger partial charge in [-0.3, -0.25) is 6.54 Å². The van der Waals surface area contributed by atoms with Gasteiger partial charge in [-0.25, -0.2) is 0 Å². The predicted octanol–water partition coefficient (Wildman–Crippen LogP) is 1.76. The molecular weight excluding hydrogens is 470 g/mol. The van der Waals surface area contributed by atoms with E-state index in [2.05, 4.69) is 11.9 Å². The van der Waals surface area contributed by atoms with Crippen LogP contribution in [0.25, 0.3) is 0 Å². The number of hydrogen-bond acceptors (Lipinski definition) is 1. The van der Waals surface area contributed by atoms with Gasteiger partial charge in [0.2, 0.25) is 0 Å². The number of hydrogen-bond donors (Lipinski definition) is 1. The average Bonchev–Trinajstić information content (AvgIpc) is 2.17. The van der Waals surface area contributed by atoms with Crippen molar-refractivity contribution in [3.8, 4) is 0 Å². The van der Waals surface area contributed by atoms with E-state index in [1.54, 1.807) is 0 Å². The second-order valence-corrected chi connectivity index (χ2v) is 1.88. The fourth-order valence-electron chi connectivity index (χ4n) is 0.510. The van der Waals surface area contributed by atoms with Crippen molar-refractivity contribution >= 4 is 0 Å². The zero-order valence-electron chi connectivity index (χ0n) is 6.53. The van der Waals surface area contributed by atoms with Gasteiger partial charge in [0.15, 0.2) is 0 Å². The zero-order valence-corrected chi connectivity index (χ0v) is 12.0. The van der Waals surface area contributed by atoms with Gasteiger partial charge in [-0.05, 0) is 6.54 Å². The minimum absolute atomic E-state index is 0. The van der Waals surface area contributed by atoms with Crippen LogP contribution in [0.15, 0.2) is 0 Å². The Morgan fingerprint density at radius 1 is 1.30 bits per heavy atom. The van der Waals surface area contributed by atoms with Crippen molar-refractivity contribution in [2.24, 2.45) is 0 Å². The Labute approximate surface area is 92.0 Å². The Bertz CT molecular complexity index is 31.0. The molecule has 0 aromatic heterocycles. The Kier molecular flexibility index (Phi) is 29.1. The smallest absolute Gasteiger partial charge is 0 e. The fraction of sp³-hybridized carbons (Fsp3) is 0.714. The first-order chi connectivity index (χ1) is 3.91. The molecule has 0 aliphatic carbocycles. The molecule has 0 spiro atoms. The first-order valence-corrected chi connectivity index (χ1v) is 3.21. The zero-order chi connectivity index (χ0) is 6.24. The summed E-state index contributed by atoms with van der Waals surface area (Å²) >= 11 is 0. The average molecular weight is 486 g/mol. The Morgan fingerprint density at radius 3 is 1.90 bits per heavy atom. The molecular formula is C7H15NRe2-2. The van der Waals surface area contributed by atoms with Crippen LogP contribution in [0.5, 0.6) is 0 Å². The molecule has 64 valence electrons. The quantitative estimate of drug-likeness (QED) is 0.516. The van der Waals surface area contributed by atoms with Gasteiger partial charge in [-0.15, -0.1) is 0 Å². The minimum Gasteiger partial charge on any atom is -0.470 e. The first-order valence-electron chi connectivity index (χ1n) is 3.21. The largest absolute Gasteiger partial charge is 0.470 e. The maximum absolute atomic E-state index is 3.10. The van der Waals surface area contributed by atoms with Crippen LogP contribution in [0.1, 0.15) is 26.7 Å². The van der Waals surface area contributed by atoms with Crippen LogP contribution in [0.4, 0.5) is 0 Å². The molecule has 1 heterocycles. The second-order valence-electron chi connectivity index (χ2n) is 1.88. The second kappa shape index (κ2) is 16.7. The van der Waals surface area contributed by atoms with E-state index >= 15 is 0 Å². The molecule has 0 aromatic carbocycles. The van der Waals surface area contributed by atoms with E-state index in [0.29, 0.717) is 0 Å². The van der Waals surface area contributed by atoms with Crippen molar-refractivity contribution in [3.05, 3.63) is 13.0 Å². The third kappa shape index (κ3) is 16.1. The van der Waals surface area contributed by atoms with E-state index in [1.807, 2.05) is 20.3 Å². The summed E-state index contributed by atoms with van der Waals surface area (Å²) in [6, 6.07) is 0. The molecule has 1 N–H and O–H groups in total. The molecule has 0 bridgehead atoms. The number of rotatable bonds is 0. The van der Waals surface area contributed by atoms with Crippen LogP contribution in [0, 0.1) is 13.0 Å². The van der Waals surface area contributed by atoms with Crippen molar-refractivity contribution in [2.75, 3.05) is 6.54 Å². The van der Waals surface area contributed by atoms with Crippen LogP contribution in [0.3, 0.4) is 0 Å². The van der Waals surface area contributed by atoms with E-state index in [9.17, 15) is 0 Å². The molecule has 10 heavy (non-hydrogen) atoms. The van der Waals surface area contributed by atoms with Crippen LogP contribution < -0.4 is 5.32 Å². The number of nitrogens with one attached hydrogen (secondary N) is 1. The monoisotopic (exact) mass is 487 g/mol. The summed E-state index contributed by atoms with van der Waals surface area (Å²) in [4.78, 5) is 0. The standard InChI is InChI=1S/C4H8N.C3H7.2Re/c1-2-4-5-3-1;1-3-2;;/h3,5H,1-2,4H2;3H,1-2H3;;/q2*-1;;. The maximum Gasteiger partial charge on any atom is 0 e. The summed E-state index contributed by atoms with van der Waals surface area (Å²) in [5.74, 6) is 0. The van der Waals surface area contributed by atoms with Gasteiger partial charge in [0.1, 0.15) is 0 Å². The topological polar surface area (TPSA) is 12.0 Å². The Balaban J connectivity index is -0.0000000900. The molecule has 1 rings (SSSR count). The van der Waals surface area contributed by atoms with E-state index in [1.165, 1.54) is 19.4 Å². The van der Waals surface area contributed by atoms with Gasteiger partial charge < -0.3 is 11.7 Å². The molecule has 0 amide bonds. The molecule has 1 aliphatic heterocycles. The molecule has 1 saturated heterocycles. The minimum atomic E-state index is 0. The van der Waals surface area contributed by atoms with Gasteiger partial charge in [-0.2, -0.15) is 20.3 Å². The van der Waals surface area contributed by atoms with Gasteiger partial charge in [0.05, 0.1) is 0 Å². The summed E-state index contributed by atoms with van der Waals surface area (Å²) < 4.78 is 0. The molecule has 3 heteroatoms. The molecule has 1 fully saturated rings. The summed E-state index contributed by atoms with van der Waals surface area (Å²) in [6.07, 6.45) is 4.60. The van der Waals surface area contributed by atoms with Crippen LogP contribution in [0.2, 0.25) is 0 Å². The SMILES string of the molecule is C[CH-]C.[CH-]1CCCN1.[Re].[Re]. The van der Waals surface area contributed by atoms with Gasteiger partial charge >= 0.3 is 0 Å². The van der Waals surface area contributed by atoms with Crippen molar-refractivity contribution < 1.29 is 40.8 Å². The Hall–Kier alpha value is 1.28. The van der Waals surface area contributed by atoms with E-state index in [4.69, 9.17) is 0 Å². The van der Waals surface area contributed by atoms with Gasteiger partial charge in [-0.1, -0.05) is 6.42 Å². The predicted molar refractivity (Wildman–Crippen MR) is 37.2 cm³/mol. The summed E-state index contributed by atoms with van der Waals surface area (Å²) in [7, 11) is 0. The van der Waals surface area contributed by atoms with E-state index in [0.717, 1.165) is 0 Å². The van der Waals surface area contributed by atoms with Crippen LogP contribution >= 0.6 is 0 Å².